The lowest BCUT2D eigenvalue weighted by Gasteiger charge is -2.12. The van der Waals surface area contributed by atoms with Crippen molar-refractivity contribution in [2.45, 2.75) is 13.5 Å². The Kier molecular flexibility index (Phi) is 6.98. The van der Waals surface area contributed by atoms with Crippen LogP contribution >= 0.6 is 0 Å². The van der Waals surface area contributed by atoms with E-state index in [4.69, 9.17) is 19.9 Å². The van der Waals surface area contributed by atoms with Gasteiger partial charge in [-0.25, -0.2) is 10.2 Å². The molecule has 1 aliphatic rings. The standard InChI is InChI=1S/C24H21N5O6/c1-14-23(35-22(31)3-2-16-8-20-21(9-19(16)25)34-13-33-20)18(17(12-30)10-27-14)11-28-29-24(32)15-4-6-26-7-5-15/h2-11,30H,12-13,25H2,1H3,(H,29,32)/b3-2+,28-11+. The monoisotopic (exact) mass is 475 g/mol. The number of carbonyl (C=O) groups excluding carboxylic acids is 2. The molecule has 11 nitrogen and oxygen atoms in total. The Labute approximate surface area is 199 Å². The maximum atomic E-state index is 12.6. The molecule has 0 spiro atoms. The summed E-state index contributed by atoms with van der Waals surface area (Å²) in [6.07, 6.45) is 8.36. The Morgan fingerprint density at radius 2 is 2.00 bits per heavy atom. The Morgan fingerprint density at radius 3 is 2.74 bits per heavy atom. The van der Waals surface area contributed by atoms with E-state index in [9.17, 15) is 14.7 Å². The molecule has 178 valence electrons. The van der Waals surface area contributed by atoms with E-state index in [0.29, 0.717) is 45.1 Å². The minimum absolute atomic E-state index is 0.0896. The fourth-order valence-corrected chi connectivity index (χ4v) is 3.17. The van der Waals surface area contributed by atoms with E-state index in [1.165, 1.54) is 49.1 Å². The van der Waals surface area contributed by atoms with Crippen LogP contribution in [0, 0.1) is 6.92 Å². The number of carbonyl (C=O) groups is 2. The van der Waals surface area contributed by atoms with E-state index >= 15 is 0 Å². The van der Waals surface area contributed by atoms with Crippen molar-refractivity contribution in [1.82, 2.24) is 15.4 Å². The molecule has 0 aliphatic carbocycles. The molecule has 2 aromatic heterocycles. The van der Waals surface area contributed by atoms with Crippen molar-refractivity contribution < 1.29 is 28.9 Å². The first kappa shape index (κ1) is 23.4. The number of nitrogens with two attached hydrogens (primary N) is 1. The molecule has 35 heavy (non-hydrogen) atoms. The highest BCUT2D eigenvalue weighted by atomic mass is 16.7. The summed E-state index contributed by atoms with van der Waals surface area (Å²) in [6.45, 7) is 1.35. The number of nitrogen functional groups attached to an aromatic ring is 1. The third-order valence-electron chi connectivity index (χ3n) is 4.99. The number of hydrogen-bond acceptors (Lipinski definition) is 10. The summed E-state index contributed by atoms with van der Waals surface area (Å²) in [5.41, 5.74) is 10.7. The van der Waals surface area contributed by atoms with Gasteiger partial charge in [-0.15, -0.1) is 0 Å². The van der Waals surface area contributed by atoms with Crippen molar-refractivity contribution in [2.75, 3.05) is 12.5 Å². The van der Waals surface area contributed by atoms with Crippen molar-refractivity contribution >= 4 is 29.9 Å². The highest BCUT2D eigenvalue weighted by molar-refractivity contribution is 5.96. The molecule has 0 radical (unpaired) electrons. The highest BCUT2D eigenvalue weighted by Gasteiger charge is 2.17. The van der Waals surface area contributed by atoms with Gasteiger partial charge in [-0.1, -0.05) is 0 Å². The molecule has 0 atom stereocenters. The minimum Gasteiger partial charge on any atom is -0.454 e. The SMILES string of the molecule is Cc1ncc(CO)c(/C=N/NC(=O)c2ccncc2)c1OC(=O)/C=C/c1cc2c(cc1N)OCO2. The molecule has 0 saturated heterocycles. The topological polar surface area (TPSA) is 158 Å². The number of hydrazone groups is 1. The van der Waals surface area contributed by atoms with Crippen LogP contribution in [-0.4, -0.2) is 40.0 Å². The Morgan fingerprint density at radius 1 is 1.26 bits per heavy atom. The molecule has 0 unspecified atom stereocenters. The molecule has 1 aromatic carbocycles. The molecular weight excluding hydrogens is 454 g/mol. The van der Waals surface area contributed by atoms with Crippen LogP contribution < -0.4 is 25.4 Å². The predicted octanol–water partition coefficient (Wildman–Crippen LogP) is 1.97. The first-order chi connectivity index (χ1) is 17.0. The zero-order valence-corrected chi connectivity index (χ0v) is 18.6. The van der Waals surface area contributed by atoms with Crippen molar-refractivity contribution in [3.05, 3.63) is 76.9 Å². The number of esters is 1. The van der Waals surface area contributed by atoms with Crippen molar-refractivity contribution in [3.63, 3.8) is 0 Å². The van der Waals surface area contributed by atoms with Gasteiger partial charge in [0, 0.05) is 58.7 Å². The molecule has 4 N–H and O–H groups in total. The second kappa shape index (κ2) is 10.4. The smallest absolute Gasteiger partial charge is 0.336 e. The number of amides is 1. The number of ether oxygens (including phenoxy) is 3. The third kappa shape index (κ3) is 5.42. The summed E-state index contributed by atoms with van der Waals surface area (Å²) in [5, 5.41) is 13.7. The number of aliphatic hydroxyl groups is 1. The summed E-state index contributed by atoms with van der Waals surface area (Å²) in [7, 11) is 0. The number of pyridine rings is 2. The van der Waals surface area contributed by atoms with Gasteiger partial charge in [-0.2, -0.15) is 5.10 Å². The Bertz CT molecular complexity index is 1320. The lowest BCUT2D eigenvalue weighted by atomic mass is 10.1. The van der Waals surface area contributed by atoms with Crippen LogP contribution in [0.3, 0.4) is 0 Å². The number of aromatic nitrogens is 2. The Hall–Kier alpha value is -4.77. The number of aryl methyl sites for hydroxylation is 1. The fourth-order valence-electron chi connectivity index (χ4n) is 3.17. The van der Waals surface area contributed by atoms with E-state index in [2.05, 4.69) is 20.5 Å². The van der Waals surface area contributed by atoms with Crippen LogP contribution in [0.2, 0.25) is 0 Å². The molecule has 1 aliphatic heterocycles. The lowest BCUT2D eigenvalue weighted by Crippen LogP contribution is -2.18. The van der Waals surface area contributed by atoms with Gasteiger partial charge in [0.15, 0.2) is 17.2 Å². The van der Waals surface area contributed by atoms with Crippen LogP contribution in [0.15, 0.2) is 54.0 Å². The molecule has 0 saturated carbocycles. The van der Waals surface area contributed by atoms with Crippen LogP contribution in [-0.2, 0) is 11.4 Å². The van der Waals surface area contributed by atoms with Gasteiger partial charge >= 0.3 is 5.97 Å². The molecule has 1 amide bonds. The lowest BCUT2D eigenvalue weighted by molar-refractivity contribution is -0.129. The third-order valence-corrected chi connectivity index (χ3v) is 4.99. The molecule has 4 rings (SSSR count). The molecule has 0 fully saturated rings. The predicted molar refractivity (Wildman–Crippen MR) is 126 cm³/mol. The largest absolute Gasteiger partial charge is 0.454 e. The first-order valence-corrected chi connectivity index (χ1v) is 10.4. The van der Waals surface area contributed by atoms with Crippen molar-refractivity contribution in [3.8, 4) is 17.2 Å². The fraction of sp³-hybridized carbons (Fsp3) is 0.125. The number of hydrogen-bond donors (Lipinski definition) is 3. The summed E-state index contributed by atoms with van der Waals surface area (Å²) in [5.74, 6) is -0.0213. The van der Waals surface area contributed by atoms with Gasteiger partial charge in [0.05, 0.1) is 18.5 Å². The van der Waals surface area contributed by atoms with Crippen LogP contribution in [0.1, 0.15) is 32.7 Å². The quantitative estimate of drug-likeness (QED) is 0.153. The van der Waals surface area contributed by atoms with Gasteiger partial charge in [-0.05, 0) is 31.2 Å². The molecular formula is C24H21N5O6. The zero-order chi connectivity index (χ0) is 24.8. The zero-order valence-electron chi connectivity index (χ0n) is 18.6. The van der Waals surface area contributed by atoms with E-state index in [0.717, 1.165) is 0 Å². The number of nitrogens with zero attached hydrogens (tertiary/aromatic N) is 3. The summed E-state index contributed by atoms with van der Waals surface area (Å²) in [4.78, 5) is 32.8. The first-order valence-electron chi connectivity index (χ1n) is 10.4. The van der Waals surface area contributed by atoms with Crippen LogP contribution in [0.5, 0.6) is 17.2 Å². The van der Waals surface area contributed by atoms with E-state index in [-0.39, 0.29) is 19.1 Å². The van der Waals surface area contributed by atoms with Gasteiger partial charge in [-0.3, -0.25) is 14.8 Å². The number of benzene rings is 1. The maximum absolute atomic E-state index is 12.6. The maximum Gasteiger partial charge on any atom is 0.336 e. The average Bonchev–Trinajstić information content (AvgIpc) is 3.32. The van der Waals surface area contributed by atoms with E-state index in [1.807, 2.05) is 0 Å². The average molecular weight is 475 g/mol. The number of anilines is 1. The number of nitrogens with one attached hydrogen (secondary N) is 1. The number of fused-ring (bicyclic) bond motifs is 1. The summed E-state index contributed by atoms with van der Waals surface area (Å²) >= 11 is 0. The van der Waals surface area contributed by atoms with E-state index in [1.54, 1.807) is 19.1 Å². The molecule has 3 heterocycles. The molecule has 11 heteroatoms. The summed E-state index contributed by atoms with van der Waals surface area (Å²) in [6, 6.07) is 6.34. The van der Waals surface area contributed by atoms with Crippen molar-refractivity contribution in [1.29, 1.82) is 0 Å². The van der Waals surface area contributed by atoms with Crippen molar-refractivity contribution in [2.24, 2.45) is 5.10 Å². The van der Waals surface area contributed by atoms with Gasteiger partial charge in [0.1, 0.15) is 0 Å². The molecule has 0 bridgehead atoms. The van der Waals surface area contributed by atoms with Crippen LogP contribution in [0.25, 0.3) is 6.08 Å². The second-order valence-corrected chi connectivity index (χ2v) is 7.29. The van der Waals surface area contributed by atoms with Crippen LogP contribution in [0.4, 0.5) is 5.69 Å². The second-order valence-electron chi connectivity index (χ2n) is 7.29. The van der Waals surface area contributed by atoms with Gasteiger partial charge in [0.2, 0.25) is 6.79 Å². The number of aliphatic hydroxyl groups excluding tert-OH is 1. The highest BCUT2D eigenvalue weighted by Crippen LogP contribution is 2.36. The molecule has 3 aromatic rings. The number of rotatable bonds is 7. The normalized spacial score (nSPS) is 12.3. The van der Waals surface area contributed by atoms with E-state index < -0.39 is 11.9 Å². The summed E-state index contributed by atoms with van der Waals surface area (Å²) < 4.78 is 16.1. The van der Waals surface area contributed by atoms with Gasteiger partial charge in [0.25, 0.3) is 5.91 Å². The van der Waals surface area contributed by atoms with Gasteiger partial charge < -0.3 is 25.1 Å². The Balaban J connectivity index is 1.52. The minimum atomic E-state index is -0.711.